The van der Waals surface area contributed by atoms with E-state index in [1.165, 1.54) is 109 Å². The first-order valence-electron chi connectivity index (χ1n) is 31.1. The van der Waals surface area contributed by atoms with Crippen molar-refractivity contribution in [3.8, 4) is 0 Å². The molecule has 0 bridgehead atoms. The molecule has 9 nitrogen and oxygen atoms in total. The number of carbonyl (C=O) groups is 2. The fourth-order valence-electron chi connectivity index (χ4n) is 8.51. The summed E-state index contributed by atoms with van der Waals surface area (Å²) in [6, 6.07) is -0.865. The molecule has 10 heteroatoms. The highest BCUT2D eigenvalue weighted by Gasteiger charge is 2.30. The van der Waals surface area contributed by atoms with E-state index in [1.54, 1.807) is 0 Å². The van der Waals surface area contributed by atoms with Crippen LogP contribution in [0.1, 0.15) is 258 Å². The summed E-state index contributed by atoms with van der Waals surface area (Å²) in [6.45, 7) is 6.82. The summed E-state index contributed by atoms with van der Waals surface area (Å²) in [5.74, 6) is -0.539. The normalized spacial score (nSPS) is 14.4. The molecule has 0 saturated heterocycles. The highest BCUT2D eigenvalue weighted by atomic mass is 31.2. The van der Waals surface area contributed by atoms with Gasteiger partial charge in [-0.25, -0.2) is 4.57 Å². The Kier molecular flexibility index (Phi) is 53.0. The first-order valence-corrected chi connectivity index (χ1v) is 32.6. The largest absolute Gasteiger partial charge is 0.472 e. The van der Waals surface area contributed by atoms with E-state index >= 15 is 0 Å². The van der Waals surface area contributed by atoms with Gasteiger partial charge in [0, 0.05) is 12.8 Å². The average molecular weight is 1080 g/mol. The smallest absolute Gasteiger partial charge is 0.456 e. The monoisotopic (exact) mass is 1080 g/mol. The van der Waals surface area contributed by atoms with Gasteiger partial charge in [0.15, 0.2) is 0 Å². The Morgan fingerprint density at radius 3 is 1.39 bits per heavy atom. The minimum Gasteiger partial charge on any atom is -0.456 e. The van der Waals surface area contributed by atoms with Crippen molar-refractivity contribution < 1.29 is 37.3 Å². The van der Waals surface area contributed by atoms with Gasteiger partial charge in [0.1, 0.15) is 19.3 Å². The Bertz CT molecular complexity index is 1620. The van der Waals surface area contributed by atoms with Crippen LogP contribution in [0.3, 0.4) is 0 Å². The minimum absolute atomic E-state index is 0.0310. The molecule has 0 radical (unpaired) electrons. The third kappa shape index (κ3) is 55.7. The molecule has 1 amide bonds. The van der Waals surface area contributed by atoms with Crippen molar-refractivity contribution in [3.63, 3.8) is 0 Å². The van der Waals surface area contributed by atoms with Crippen LogP contribution in [0.5, 0.6) is 0 Å². The van der Waals surface area contributed by atoms with Crippen molar-refractivity contribution >= 4 is 19.7 Å². The lowest BCUT2D eigenvalue weighted by atomic mass is 10.0. The van der Waals surface area contributed by atoms with Crippen LogP contribution in [0.2, 0.25) is 0 Å². The zero-order valence-electron chi connectivity index (χ0n) is 50.0. The topological polar surface area (TPSA) is 111 Å². The second-order valence-corrected chi connectivity index (χ2v) is 23.4. The van der Waals surface area contributed by atoms with Crippen molar-refractivity contribution in [1.82, 2.24) is 5.32 Å². The molecule has 3 unspecified atom stereocenters. The average Bonchev–Trinajstić information content (AvgIpc) is 3.38. The molecule has 0 aromatic rings. The number of likely N-dealkylation sites (N-methyl/N-ethyl adjacent to an activating group) is 1. The van der Waals surface area contributed by atoms with Gasteiger partial charge in [-0.2, -0.15) is 0 Å². The van der Waals surface area contributed by atoms with E-state index in [4.69, 9.17) is 13.8 Å². The predicted molar refractivity (Wildman–Crippen MR) is 327 cm³/mol. The second-order valence-electron chi connectivity index (χ2n) is 21.9. The molecule has 0 rings (SSSR count). The van der Waals surface area contributed by atoms with Gasteiger partial charge in [0.25, 0.3) is 0 Å². The van der Waals surface area contributed by atoms with E-state index in [-0.39, 0.29) is 31.5 Å². The molecule has 0 aliphatic heterocycles. The molecule has 0 spiro atoms. The van der Waals surface area contributed by atoms with Gasteiger partial charge in [-0.1, -0.05) is 247 Å². The van der Waals surface area contributed by atoms with E-state index in [0.29, 0.717) is 23.9 Å². The molecule has 76 heavy (non-hydrogen) atoms. The van der Waals surface area contributed by atoms with E-state index < -0.39 is 20.0 Å². The number of rotatable bonds is 55. The minimum atomic E-state index is -4.46. The Labute approximate surface area is 468 Å². The molecule has 0 aromatic carbocycles. The third-order valence-corrected chi connectivity index (χ3v) is 14.3. The number of nitrogens with one attached hydrogen (secondary N) is 1. The molecule has 438 valence electrons. The van der Waals surface area contributed by atoms with E-state index in [2.05, 4.69) is 111 Å². The number of hydrogen-bond acceptors (Lipinski definition) is 6. The molecule has 3 atom stereocenters. The van der Waals surface area contributed by atoms with Crippen LogP contribution in [0.25, 0.3) is 0 Å². The number of amides is 1. The van der Waals surface area contributed by atoms with Gasteiger partial charge < -0.3 is 19.4 Å². The fourth-order valence-corrected chi connectivity index (χ4v) is 9.25. The molecule has 0 aliphatic carbocycles. The number of quaternary nitrogens is 1. The SMILES string of the molecule is CC/C=C/C=C/C=C\CCCCCCCC(=O)OC(/C=C\CCCCCCCCCCCC)C(COP(=O)(O)OCC[N+](C)(C)C)NC(=O)CCCCCCCCCCC/C=C\C/C=C\C/C=C\C/C=C\CCCCC. The van der Waals surface area contributed by atoms with Crippen molar-refractivity contribution in [3.05, 3.63) is 97.2 Å². The zero-order chi connectivity index (χ0) is 55.7. The molecule has 0 heterocycles. The maximum Gasteiger partial charge on any atom is 0.472 e. The number of phosphoric ester groups is 1. The number of allylic oxidation sites excluding steroid dienone is 15. The highest BCUT2D eigenvalue weighted by molar-refractivity contribution is 7.47. The summed E-state index contributed by atoms with van der Waals surface area (Å²) in [5, 5.41) is 3.05. The van der Waals surface area contributed by atoms with E-state index in [1.807, 2.05) is 33.3 Å². The van der Waals surface area contributed by atoms with Gasteiger partial charge in [-0.15, -0.1) is 0 Å². The van der Waals surface area contributed by atoms with Gasteiger partial charge >= 0.3 is 13.8 Å². The number of hydrogen-bond donors (Lipinski definition) is 2. The maximum absolute atomic E-state index is 13.5. The highest BCUT2D eigenvalue weighted by Crippen LogP contribution is 2.43. The third-order valence-electron chi connectivity index (χ3n) is 13.3. The van der Waals surface area contributed by atoms with Crippen molar-refractivity contribution in [2.75, 3.05) is 40.9 Å². The Balaban J connectivity index is 5.18. The van der Waals surface area contributed by atoms with E-state index in [9.17, 15) is 19.0 Å². The second kappa shape index (κ2) is 55.3. The van der Waals surface area contributed by atoms with Gasteiger partial charge in [-0.05, 0) is 96.0 Å². The Hall–Kier alpha value is -3.07. The summed E-state index contributed by atoms with van der Waals surface area (Å²) in [4.78, 5) is 37.7. The summed E-state index contributed by atoms with van der Waals surface area (Å²) in [7, 11) is 1.47. The molecule has 0 fully saturated rings. The number of phosphoric acid groups is 1. The van der Waals surface area contributed by atoms with E-state index in [0.717, 1.165) is 109 Å². The van der Waals surface area contributed by atoms with Crippen molar-refractivity contribution in [1.29, 1.82) is 0 Å². The zero-order valence-corrected chi connectivity index (χ0v) is 50.9. The van der Waals surface area contributed by atoms with Crippen LogP contribution in [0.15, 0.2) is 97.2 Å². The quantitative estimate of drug-likeness (QED) is 0.0156. The van der Waals surface area contributed by atoms with Crippen LogP contribution < -0.4 is 5.32 Å². The lowest BCUT2D eigenvalue weighted by molar-refractivity contribution is -0.870. The standard InChI is InChI=1S/C66H117N2O7P/c1-7-10-13-16-19-22-25-28-29-30-31-32-33-34-35-36-37-38-39-41-43-46-49-52-55-58-65(69)67-63(62-74-76(71,72)73-61-60-68(4,5)6)64(57-54-51-48-45-42-27-24-21-18-15-12-9-3)75-66(70)59-56-53-50-47-44-40-26-23-20-17-14-11-8-2/h11,14,17,19-20,22-23,26,28-29,31-32,34-35,54,57,63-64H,7-10,12-13,15-16,18,21,24-25,27,30,33,36-53,55-56,58-62H2,1-6H3,(H-,67,69,71,72)/p+1/b14-11+,20-17+,22-19-,26-23-,29-28-,32-31-,35-34-,57-54-. The first kappa shape index (κ1) is 72.9. The van der Waals surface area contributed by atoms with Crippen molar-refractivity contribution in [2.24, 2.45) is 0 Å². The number of esters is 1. The summed E-state index contributed by atoms with van der Waals surface area (Å²) >= 11 is 0. The molecule has 0 aromatic heterocycles. The lowest BCUT2D eigenvalue weighted by Gasteiger charge is -2.27. The number of unbranched alkanes of at least 4 members (excludes halogenated alkanes) is 27. The summed E-state index contributed by atoms with van der Waals surface area (Å²) in [6.07, 6.45) is 74.1. The first-order chi connectivity index (χ1) is 36.9. The van der Waals surface area contributed by atoms with Crippen LogP contribution in [0, 0.1) is 0 Å². The maximum atomic E-state index is 13.5. The Morgan fingerprint density at radius 2 is 0.895 bits per heavy atom. The van der Waals surface area contributed by atoms with Crippen LogP contribution in [-0.2, 0) is 27.9 Å². The number of nitrogens with zero attached hydrogens (tertiary/aromatic N) is 1. The molecular formula is C66H118N2O7P+. The molecular weight excluding hydrogens is 964 g/mol. The lowest BCUT2D eigenvalue weighted by Crippen LogP contribution is -2.47. The molecule has 0 saturated carbocycles. The molecule has 2 N–H and O–H groups in total. The molecule has 0 aliphatic rings. The van der Waals surface area contributed by atoms with Gasteiger partial charge in [0.05, 0.1) is 33.8 Å². The van der Waals surface area contributed by atoms with Crippen LogP contribution in [-0.4, -0.2) is 74.3 Å². The van der Waals surface area contributed by atoms with Gasteiger partial charge in [0.2, 0.25) is 5.91 Å². The fraction of sp³-hybridized carbons (Fsp3) is 0.727. The summed E-state index contributed by atoms with van der Waals surface area (Å²) in [5.41, 5.74) is 0. The van der Waals surface area contributed by atoms with Crippen molar-refractivity contribution in [2.45, 2.75) is 270 Å². The van der Waals surface area contributed by atoms with Gasteiger partial charge in [-0.3, -0.25) is 18.6 Å². The number of ether oxygens (including phenoxy) is 1. The van der Waals surface area contributed by atoms with Crippen LogP contribution in [0.4, 0.5) is 0 Å². The van der Waals surface area contributed by atoms with Crippen LogP contribution >= 0.6 is 7.82 Å². The number of carbonyl (C=O) groups excluding carboxylic acids is 2. The predicted octanol–water partition coefficient (Wildman–Crippen LogP) is 19.2. The summed E-state index contributed by atoms with van der Waals surface area (Å²) < 4.78 is 30.6. The Morgan fingerprint density at radius 1 is 0.487 bits per heavy atom.